The fraction of sp³-hybridized carbons (Fsp3) is 0.500. The van der Waals surface area contributed by atoms with Crippen LogP contribution in [0.5, 0.6) is 5.75 Å². The molecule has 0 saturated carbocycles. The van der Waals surface area contributed by atoms with E-state index in [0.717, 1.165) is 19.3 Å². The Labute approximate surface area is 112 Å². The molecule has 0 aliphatic heterocycles. The lowest BCUT2D eigenvalue weighted by Crippen LogP contribution is -2.04. The van der Waals surface area contributed by atoms with Gasteiger partial charge in [-0.25, -0.2) is 4.98 Å². The van der Waals surface area contributed by atoms with Gasteiger partial charge in [-0.15, -0.1) is 0 Å². The average molecular weight is 265 g/mol. The molecule has 0 spiro atoms. The quantitative estimate of drug-likeness (QED) is 0.389. The number of hydrogen-bond donors (Lipinski definition) is 0. The molecule has 19 heavy (non-hydrogen) atoms. The maximum atomic E-state index is 11.1. The smallest absolute Gasteiger partial charge is 0.305 e. The molecular weight excluding hydrogens is 246 g/mol. The molecule has 0 N–H and O–H groups in total. The first-order chi connectivity index (χ1) is 9.27. The van der Waals surface area contributed by atoms with Gasteiger partial charge in [-0.1, -0.05) is 0 Å². The number of pyridine rings is 1. The number of rotatable bonds is 9. The van der Waals surface area contributed by atoms with E-state index in [0.29, 0.717) is 37.4 Å². The molecule has 104 valence electrons. The molecule has 5 heteroatoms. The van der Waals surface area contributed by atoms with Crippen LogP contribution in [0.15, 0.2) is 18.3 Å². The van der Waals surface area contributed by atoms with Crippen LogP contribution in [-0.2, 0) is 9.53 Å². The molecule has 0 atom stereocenters. The Morgan fingerprint density at radius 2 is 2.21 bits per heavy atom. The van der Waals surface area contributed by atoms with Gasteiger partial charge in [0.2, 0.25) is 0 Å². The van der Waals surface area contributed by atoms with Gasteiger partial charge < -0.3 is 9.47 Å². The predicted molar refractivity (Wildman–Crippen MR) is 70.2 cm³/mol. The number of esters is 1. The molecule has 1 rings (SSSR count). The lowest BCUT2D eigenvalue weighted by atomic mass is 10.2. The molecule has 0 aromatic carbocycles. The van der Waals surface area contributed by atoms with Gasteiger partial charge in [0, 0.05) is 12.6 Å². The van der Waals surface area contributed by atoms with Gasteiger partial charge in [-0.3, -0.25) is 9.59 Å². The van der Waals surface area contributed by atoms with Gasteiger partial charge >= 0.3 is 5.97 Å². The van der Waals surface area contributed by atoms with Crippen molar-refractivity contribution in [2.75, 3.05) is 13.2 Å². The fourth-order valence-electron chi connectivity index (χ4n) is 1.58. The first-order valence-electron chi connectivity index (χ1n) is 6.46. The van der Waals surface area contributed by atoms with Gasteiger partial charge in [0.05, 0.1) is 13.2 Å². The Kier molecular flexibility index (Phi) is 7.24. The number of ether oxygens (including phenoxy) is 2. The summed E-state index contributed by atoms with van der Waals surface area (Å²) in [5.74, 6) is 0.349. The van der Waals surface area contributed by atoms with Crippen molar-refractivity contribution >= 4 is 12.3 Å². The van der Waals surface area contributed by atoms with Crippen LogP contribution in [0.1, 0.15) is 43.1 Å². The molecule has 0 aliphatic carbocycles. The summed E-state index contributed by atoms with van der Waals surface area (Å²) in [4.78, 5) is 25.7. The third kappa shape index (κ3) is 5.99. The third-order valence-electron chi connectivity index (χ3n) is 2.50. The molecule has 0 aliphatic rings. The standard InChI is InChI=1S/C14H19NO4/c1-2-18-14(17)8-4-3-5-10-19-13-7-6-9-15-12(13)11-16/h6-7,9,11H,2-5,8,10H2,1H3. The topological polar surface area (TPSA) is 65.5 Å². The van der Waals surface area contributed by atoms with Gasteiger partial charge in [0.25, 0.3) is 0 Å². The van der Waals surface area contributed by atoms with Crippen LogP contribution in [0.3, 0.4) is 0 Å². The van der Waals surface area contributed by atoms with Crippen LogP contribution < -0.4 is 4.74 Å². The van der Waals surface area contributed by atoms with E-state index < -0.39 is 0 Å². The van der Waals surface area contributed by atoms with Crippen molar-refractivity contribution < 1.29 is 19.1 Å². The maximum Gasteiger partial charge on any atom is 0.305 e. The zero-order valence-electron chi connectivity index (χ0n) is 11.1. The van der Waals surface area contributed by atoms with Crippen molar-refractivity contribution in [2.24, 2.45) is 0 Å². The second kappa shape index (κ2) is 9.08. The Hall–Kier alpha value is -1.91. The van der Waals surface area contributed by atoms with Crippen molar-refractivity contribution in [3.63, 3.8) is 0 Å². The van der Waals surface area contributed by atoms with Crippen molar-refractivity contribution in [2.45, 2.75) is 32.6 Å². The number of nitrogens with zero attached hydrogens (tertiary/aromatic N) is 1. The van der Waals surface area contributed by atoms with E-state index in [1.165, 1.54) is 0 Å². The lowest BCUT2D eigenvalue weighted by molar-refractivity contribution is -0.143. The summed E-state index contributed by atoms with van der Waals surface area (Å²) in [6, 6.07) is 3.44. The van der Waals surface area contributed by atoms with Gasteiger partial charge in [0.15, 0.2) is 6.29 Å². The van der Waals surface area contributed by atoms with Crippen molar-refractivity contribution in [1.82, 2.24) is 4.98 Å². The lowest BCUT2D eigenvalue weighted by Gasteiger charge is -2.07. The van der Waals surface area contributed by atoms with E-state index in [1.54, 1.807) is 25.3 Å². The molecule has 0 amide bonds. The number of aldehydes is 1. The van der Waals surface area contributed by atoms with E-state index >= 15 is 0 Å². The summed E-state index contributed by atoms with van der Waals surface area (Å²) in [5, 5.41) is 0. The first-order valence-corrected chi connectivity index (χ1v) is 6.46. The minimum absolute atomic E-state index is 0.154. The van der Waals surface area contributed by atoms with Crippen LogP contribution >= 0.6 is 0 Å². The van der Waals surface area contributed by atoms with Gasteiger partial charge in [-0.2, -0.15) is 0 Å². The summed E-state index contributed by atoms with van der Waals surface area (Å²) in [6.07, 6.45) is 5.17. The normalized spacial score (nSPS) is 9.95. The highest BCUT2D eigenvalue weighted by Gasteiger charge is 2.03. The van der Waals surface area contributed by atoms with Crippen LogP contribution in [0, 0.1) is 0 Å². The van der Waals surface area contributed by atoms with Crippen LogP contribution in [0.25, 0.3) is 0 Å². The second-order valence-corrected chi connectivity index (χ2v) is 3.97. The molecule has 0 saturated heterocycles. The van der Waals surface area contributed by atoms with Crippen LogP contribution in [0.4, 0.5) is 0 Å². The predicted octanol–water partition coefficient (Wildman–Crippen LogP) is 2.40. The van der Waals surface area contributed by atoms with Crippen LogP contribution in [-0.4, -0.2) is 30.5 Å². The number of carbonyl (C=O) groups is 2. The number of aromatic nitrogens is 1. The summed E-state index contributed by atoms with van der Waals surface area (Å²) in [5.41, 5.74) is 0.314. The average Bonchev–Trinajstić information content (AvgIpc) is 2.43. The number of carbonyl (C=O) groups excluding carboxylic acids is 2. The molecule has 1 aromatic rings. The monoisotopic (exact) mass is 265 g/mol. The SMILES string of the molecule is CCOC(=O)CCCCCOc1cccnc1C=O. The molecule has 0 unspecified atom stereocenters. The molecule has 5 nitrogen and oxygen atoms in total. The van der Waals surface area contributed by atoms with E-state index in [4.69, 9.17) is 9.47 Å². The summed E-state index contributed by atoms with van der Waals surface area (Å²) in [7, 11) is 0. The maximum absolute atomic E-state index is 11.1. The molecule has 1 aromatic heterocycles. The number of unbranched alkanes of at least 4 members (excludes halogenated alkanes) is 2. The van der Waals surface area contributed by atoms with Crippen molar-refractivity contribution in [3.05, 3.63) is 24.0 Å². The van der Waals surface area contributed by atoms with E-state index in [1.807, 2.05) is 0 Å². The largest absolute Gasteiger partial charge is 0.491 e. The summed E-state index contributed by atoms with van der Waals surface area (Å²) in [6.45, 7) is 2.73. The van der Waals surface area contributed by atoms with Gasteiger partial charge in [0.1, 0.15) is 11.4 Å². The zero-order valence-corrected chi connectivity index (χ0v) is 11.1. The highest BCUT2D eigenvalue weighted by Crippen LogP contribution is 2.13. The van der Waals surface area contributed by atoms with Crippen molar-refractivity contribution in [3.8, 4) is 5.75 Å². The Morgan fingerprint density at radius 3 is 2.95 bits per heavy atom. The Morgan fingerprint density at radius 1 is 1.37 bits per heavy atom. The van der Waals surface area contributed by atoms with E-state index in [9.17, 15) is 9.59 Å². The molecular formula is C14H19NO4. The summed E-state index contributed by atoms with van der Waals surface area (Å²) < 4.78 is 10.3. The fourth-order valence-corrected chi connectivity index (χ4v) is 1.58. The zero-order chi connectivity index (χ0) is 13.9. The van der Waals surface area contributed by atoms with Gasteiger partial charge in [-0.05, 0) is 38.3 Å². The minimum atomic E-state index is -0.154. The second-order valence-electron chi connectivity index (χ2n) is 3.97. The van der Waals surface area contributed by atoms with E-state index in [-0.39, 0.29) is 5.97 Å². The van der Waals surface area contributed by atoms with Crippen molar-refractivity contribution in [1.29, 1.82) is 0 Å². The molecule has 0 radical (unpaired) electrons. The Balaban J connectivity index is 2.14. The Bertz CT molecular complexity index is 406. The first kappa shape index (κ1) is 15.1. The molecule has 0 bridgehead atoms. The highest BCUT2D eigenvalue weighted by molar-refractivity contribution is 5.75. The third-order valence-corrected chi connectivity index (χ3v) is 2.50. The number of hydrogen-bond acceptors (Lipinski definition) is 5. The summed E-state index contributed by atoms with van der Waals surface area (Å²) >= 11 is 0. The molecule has 0 fully saturated rings. The minimum Gasteiger partial charge on any atom is -0.491 e. The molecule has 1 heterocycles. The van der Waals surface area contributed by atoms with E-state index in [2.05, 4.69) is 4.98 Å². The van der Waals surface area contributed by atoms with Crippen LogP contribution in [0.2, 0.25) is 0 Å². The highest BCUT2D eigenvalue weighted by atomic mass is 16.5.